The van der Waals surface area contributed by atoms with Gasteiger partial charge < -0.3 is 4.90 Å². The van der Waals surface area contributed by atoms with Gasteiger partial charge in [0.25, 0.3) is 5.91 Å². The summed E-state index contributed by atoms with van der Waals surface area (Å²) in [6.45, 7) is 0.634. The molecule has 0 bridgehead atoms. The Morgan fingerprint density at radius 3 is 2.86 bits per heavy atom. The first-order valence-electron chi connectivity index (χ1n) is 6.82. The number of hydrogen-bond donors (Lipinski definition) is 0. The third-order valence-electron chi connectivity index (χ3n) is 3.87. The molecule has 6 heteroatoms. The number of aryl methyl sites for hydroxylation is 1. The van der Waals surface area contributed by atoms with E-state index in [1.165, 1.54) is 6.07 Å². The molecule has 21 heavy (non-hydrogen) atoms. The lowest BCUT2D eigenvalue weighted by Crippen LogP contribution is -2.32. The summed E-state index contributed by atoms with van der Waals surface area (Å²) in [7, 11) is 1.73. The van der Waals surface area contributed by atoms with E-state index in [9.17, 15) is 9.18 Å². The molecule has 0 radical (unpaired) electrons. The molecule has 0 saturated carbocycles. The number of likely N-dealkylation sites (tertiary alicyclic amines) is 1. The molecule has 0 spiro atoms. The summed E-state index contributed by atoms with van der Waals surface area (Å²) < 4.78 is 16.2. The van der Waals surface area contributed by atoms with E-state index in [0.717, 1.165) is 12.8 Å². The minimum absolute atomic E-state index is 0.118. The number of benzene rings is 1. The molecule has 1 aliphatic heterocycles. The van der Waals surface area contributed by atoms with Gasteiger partial charge in [-0.2, -0.15) is 5.10 Å². The van der Waals surface area contributed by atoms with Gasteiger partial charge in [0.1, 0.15) is 11.5 Å². The number of carbonyl (C=O) groups excluding carboxylic acids is 1. The predicted molar refractivity (Wildman–Crippen MR) is 80.3 cm³/mol. The maximum atomic E-state index is 14.0. The van der Waals surface area contributed by atoms with Crippen LogP contribution in [0.2, 0.25) is 0 Å². The van der Waals surface area contributed by atoms with E-state index in [0.29, 0.717) is 22.3 Å². The summed E-state index contributed by atoms with van der Waals surface area (Å²) >= 11 is 3.35. The molecular formula is C15H15BrFN3O. The Bertz CT molecular complexity index is 666. The summed E-state index contributed by atoms with van der Waals surface area (Å²) in [4.78, 5) is 14.5. The lowest BCUT2D eigenvalue weighted by Gasteiger charge is -2.25. The molecule has 1 fully saturated rings. The number of rotatable bonds is 2. The van der Waals surface area contributed by atoms with Crippen molar-refractivity contribution in [3.8, 4) is 0 Å². The highest BCUT2D eigenvalue weighted by atomic mass is 79.9. The van der Waals surface area contributed by atoms with Crippen LogP contribution in [-0.4, -0.2) is 27.1 Å². The monoisotopic (exact) mass is 351 g/mol. The van der Waals surface area contributed by atoms with Crippen LogP contribution in [0.1, 0.15) is 34.9 Å². The third kappa shape index (κ3) is 2.48. The van der Waals surface area contributed by atoms with Crippen LogP contribution in [-0.2, 0) is 7.05 Å². The van der Waals surface area contributed by atoms with Crippen molar-refractivity contribution < 1.29 is 9.18 Å². The first-order valence-corrected chi connectivity index (χ1v) is 7.62. The standard InChI is InChI=1S/C15H15BrFN3O/c1-19-14(11(16)9-18-19)15(21)20-8-4-7-13(20)10-5-2-3-6-12(10)17/h2-3,5-6,9,13H,4,7-8H2,1H3. The number of nitrogens with zero attached hydrogens (tertiary/aromatic N) is 3. The van der Waals surface area contributed by atoms with Crippen LogP contribution in [0.3, 0.4) is 0 Å². The molecule has 1 saturated heterocycles. The molecule has 1 aliphatic rings. The second kappa shape index (κ2) is 5.60. The Labute approximate surface area is 130 Å². The SMILES string of the molecule is Cn1ncc(Br)c1C(=O)N1CCCC1c1ccccc1F. The van der Waals surface area contributed by atoms with Crippen molar-refractivity contribution in [3.05, 3.63) is 52.0 Å². The van der Waals surface area contributed by atoms with Gasteiger partial charge in [-0.15, -0.1) is 0 Å². The van der Waals surface area contributed by atoms with Gasteiger partial charge in [0.05, 0.1) is 16.7 Å². The van der Waals surface area contributed by atoms with Gasteiger partial charge in [-0.1, -0.05) is 18.2 Å². The number of amides is 1. The Morgan fingerprint density at radius 1 is 1.43 bits per heavy atom. The summed E-state index contributed by atoms with van der Waals surface area (Å²) in [5, 5.41) is 4.07. The maximum absolute atomic E-state index is 14.0. The molecule has 0 N–H and O–H groups in total. The van der Waals surface area contributed by atoms with E-state index in [1.54, 1.807) is 41.0 Å². The van der Waals surface area contributed by atoms with E-state index >= 15 is 0 Å². The zero-order chi connectivity index (χ0) is 15.0. The van der Waals surface area contributed by atoms with Crippen molar-refractivity contribution >= 4 is 21.8 Å². The van der Waals surface area contributed by atoms with Gasteiger partial charge in [0.2, 0.25) is 0 Å². The van der Waals surface area contributed by atoms with Gasteiger partial charge in [0.15, 0.2) is 0 Å². The molecule has 1 unspecified atom stereocenters. The van der Waals surface area contributed by atoms with Gasteiger partial charge >= 0.3 is 0 Å². The predicted octanol–water partition coefficient (Wildman–Crippen LogP) is 3.30. The highest BCUT2D eigenvalue weighted by molar-refractivity contribution is 9.10. The molecule has 4 nitrogen and oxygen atoms in total. The van der Waals surface area contributed by atoms with Crippen molar-refractivity contribution in [1.82, 2.24) is 14.7 Å². The van der Waals surface area contributed by atoms with Crippen LogP contribution < -0.4 is 0 Å². The molecule has 1 atom stereocenters. The molecule has 2 heterocycles. The van der Waals surface area contributed by atoms with Gasteiger partial charge in [-0.3, -0.25) is 9.48 Å². The zero-order valence-electron chi connectivity index (χ0n) is 11.6. The van der Waals surface area contributed by atoms with Crippen molar-refractivity contribution in [2.24, 2.45) is 7.05 Å². The summed E-state index contributed by atoms with van der Waals surface area (Å²) in [5.74, 6) is -0.376. The zero-order valence-corrected chi connectivity index (χ0v) is 13.2. The topological polar surface area (TPSA) is 38.1 Å². The maximum Gasteiger partial charge on any atom is 0.273 e. The summed E-state index contributed by atoms with van der Waals surface area (Å²) in [6, 6.07) is 6.46. The molecule has 1 aromatic heterocycles. The first kappa shape index (κ1) is 14.3. The fraction of sp³-hybridized carbons (Fsp3) is 0.333. The van der Waals surface area contributed by atoms with Crippen LogP contribution in [0.25, 0.3) is 0 Å². The molecular weight excluding hydrogens is 337 g/mol. The highest BCUT2D eigenvalue weighted by Crippen LogP contribution is 2.35. The molecule has 2 aromatic rings. The molecule has 0 aliphatic carbocycles. The van der Waals surface area contributed by atoms with Gasteiger partial charge in [-0.05, 0) is 34.8 Å². The Hall–Kier alpha value is -1.69. The smallest absolute Gasteiger partial charge is 0.273 e. The van der Waals surface area contributed by atoms with Crippen molar-refractivity contribution in [1.29, 1.82) is 0 Å². The van der Waals surface area contributed by atoms with E-state index in [-0.39, 0.29) is 17.8 Å². The summed E-state index contributed by atoms with van der Waals surface area (Å²) in [6.07, 6.45) is 3.25. The fourth-order valence-corrected chi connectivity index (χ4v) is 3.38. The average molecular weight is 352 g/mol. The number of halogens is 2. The van der Waals surface area contributed by atoms with E-state index in [2.05, 4.69) is 21.0 Å². The second-order valence-electron chi connectivity index (χ2n) is 5.14. The Kier molecular flexibility index (Phi) is 3.80. The minimum Gasteiger partial charge on any atom is -0.330 e. The van der Waals surface area contributed by atoms with E-state index in [4.69, 9.17) is 0 Å². The lowest BCUT2D eigenvalue weighted by atomic mass is 10.0. The second-order valence-corrected chi connectivity index (χ2v) is 6.00. The van der Waals surface area contributed by atoms with Crippen LogP contribution in [0.4, 0.5) is 4.39 Å². The molecule has 1 aromatic carbocycles. The largest absolute Gasteiger partial charge is 0.330 e. The Balaban J connectivity index is 1.95. The average Bonchev–Trinajstić information content (AvgIpc) is 3.06. The minimum atomic E-state index is -0.258. The summed E-state index contributed by atoms with van der Waals surface area (Å²) in [5.41, 5.74) is 1.08. The molecule has 3 rings (SSSR count). The lowest BCUT2D eigenvalue weighted by molar-refractivity contribution is 0.0721. The fourth-order valence-electron chi connectivity index (χ4n) is 2.87. The molecule has 110 valence electrons. The number of hydrogen-bond acceptors (Lipinski definition) is 2. The van der Waals surface area contributed by atoms with Crippen molar-refractivity contribution in [2.45, 2.75) is 18.9 Å². The third-order valence-corrected chi connectivity index (χ3v) is 4.45. The van der Waals surface area contributed by atoms with Gasteiger partial charge in [-0.25, -0.2) is 4.39 Å². The van der Waals surface area contributed by atoms with Crippen LogP contribution in [0, 0.1) is 5.82 Å². The van der Waals surface area contributed by atoms with E-state index in [1.807, 2.05) is 0 Å². The van der Waals surface area contributed by atoms with Crippen molar-refractivity contribution in [3.63, 3.8) is 0 Å². The number of aromatic nitrogens is 2. The molecule has 1 amide bonds. The van der Waals surface area contributed by atoms with Crippen LogP contribution in [0.5, 0.6) is 0 Å². The number of carbonyl (C=O) groups is 1. The van der Waals surface area contributed by atoms with Crippen LogP contribution in [0.15, 0.2) is 34.9 Å². The Morgan fingerprint density at radius 2 is 2.19 bits per heavy atom. The van der Waals surface area contributed by atoms with Crippen LogP contribution >= 0.6 is 15.9 Å². The normalized spacial score (nSPS) is 18.2. The first-order chi connectivity index (χ1) is 10.1. The van der Waals surface area contributed by atoms with Crippen molar-refractivity contribution in [2.75, 3.05) is 6.54 Å². The quantitative estimate of drug-likeness (QED) is 0.832. The van der Waals surface area contributed by atoms with Gasteiger partial charge in [0, 0.05) is 19.2 Å². The van der Waals surface area contributed by atoms with E-state index < -0.39 is 0 Å². The highest BCUT2D eigenvalue weighted by Gasteiger charge is 2.34.